The van der Waals surface area contributed by atoms with E-state index >= 15 is 0 Å². The minimum atomic E-state index is 0.275. The van der Waals surface area contributed by atoms with E-state index in [1.54, 1.807) is 0 Å². The molecule has 5 nitrogen and oxygen atoms in total. The Kier molecular flexibility index (Phi) is 3.91. The number of aryl methyl sites for hydroxylation is 1. The lowest BCUT2D eigenvalue weighted by atomic mass is 10.0. The van der Waals surface area contributed by atoms with Crippen LogP contribution in [0.2, 0.25) is 0 Å². The number of hydrogen-bond acceptors (Lipinski definition) is 4. The van der Waals surface area contributed by atoms with Crippen LogP contribution >= 0.6 is 0 Å². The van der Waals surface area contributed by atoms with Gasteiger partial charge in [-0.25, -0.2) is 4.98 Å². The summed E-state index contributed by atoms with van der Waals surface area (Å²) in [7, 11) is 0. The Bertz CT molecular complexity index is 517. The third-order valence-corrected chi connectivity index (χ3v) is 3.20. The molecule has 0 radical (unpaired) electrons. The third kappa shape index (κ3) is 2.85. The predicted molar refractivity (Wildman–Crippen MR) is 71.4 cm³/mol. The smallest absolute Gasteiger partial charge is 0.163 e. The van der Waals surface area contributed by atoms with Crippen LogP contribution in [-0.2, 0) is 0 Å². The van der Waals surface area contributed by atoms with Gasteiger partial charge in [0.25, 0.3) is 0 Å². The van der Waals surface area contributed by atoms with Crippen molar-refractivity contribution in [3.8, 4) is 0 Å². The van der Waals surface area contributed by atoms with Crippen molar-refractivity contribution in [3.05, 3.63) is 23.9 Å². The normalized spacial score (nSPS) is 14.9. The fraction of sp³-hybridized carbons (Fsp3) is 0.615. The summed E-state index contributed by atoms with van der Waals surface area (Å²) in [6, 6.07) is 2.22. The Labute approximate surface area is 107 Å². The van der Waals surface area contributed by atoms with Crippen molar-refractivity contribution in [2.75, 3.05) is 0 Å². The van der Waals surface area contributed by atoms with Crippen molar-refractivity contribution < 1.29 is 0 Å². The van der Waals surface area contributed by atoms with Crippen molar-refractivity contribution in [2.45, 2.75) is 52.0 Å². The maximum atomic E-state index is 5.76. The van der Waals surface area contributed by atoms with E-state index in [0.717, 1.165) is 36.4 Å². The zero-order chi connectivity index (χ0) is 13.1. The molecule has 0 fully saturated rings. The zero-order valence-corrected chi connectivity index (χ0v) is 11.3. The minimum absolute atomic E-state index is 0.275. The van der Waals surface area contributed by atoms with E-state index in [1.165, 1.54) is 0 Å². The molecule has 98 valence electrons. The van der Waals surface area contributed by atoms with Crippen molar-refractivity contribution in [1.29, 1.82) is 0 Å². The Hall–Kier alpha value is -1.49. The van der Waals surface area contributed by atoms with Gasteiger partial charge in [-0.1, -0.05) is 13.3 Å². The van der Waals surface area contributed by atoms with Crippen LogP contribution in [0.25, 0.3) is 5.65 Å². The highest BCUT2D eigenvalue weighted by molar-refractivity contribution is 5.38. The molecule has 0 aliphatic rings. The average molecular weight is 247 g/mol. The molecule has 2 aromatic heterocycles. The SMILES string of the molecule is Cc1cc2nnc(C(C)CCCC(C)N)n2cn1. The topological polar surface area (TPSA) is 69.1 Å². The van der Waals surface area contributed by atoms with Gasteiger partial charge >= 0.3 is 0 Å². The van der Waals surface area contributed by atoms with E-state index < -0.39 is 0 Å². The van der Waals surface area contributed by atoms with Gasteiger partial charge in [0.1, 0.15) is 12.2 Å². The van der Waals surface area contributed by atoms with Crippen molar-refractivity contribution in [3.63, 3.8) is 0 Å². The van der Waals surface area contributed by atoms with Gasteiger partial charge in [-0.15, -0.1) is 10.2 Å². The number of nitrogens with two attached hydrogens (primary N) is 1. The molecule has 0 amide bonds. The van der Waals surface area contributed by atoms with E-state index in [-0.39, 0.29) is 6.04 Å². The maximum absolute atomic E-state index is 5.76. The number of nitrogens with zero attached hydrogens (tertiary/aromatic N) is 4. The lowest BCUT2D eigenvalue weighted by Crippen LogP contribution is -2.14. The van der Waals surface area contributed by atoms with E-state index in [2.05, 4.69) is 22.1 Å². The second-order valence-electron chi connectivity index (χ2n) is 5.13. The van der Waals surface area contributed by atoms with Crippen molar-refractivity contribution in [1.82, 2.24) is 19.6 Å². The van der Waals surface area contributed by atoms with Crippen LogP contribution < -0.4 is 5.73 Å². The zero-order valence-electron chi connectivity index (χ0n) is 11.3. The summed E-state index contributed by atoms with van der Waals surface area (Å²) in [5.41, 5.74) is 7.60. The summed E-state index contributed by atoms with van der Waals surface area (Å²) in [6.45, 7) is 6.18. The molecule has 18 heavy (non-hydrogen) atoms. The molecule has 2 N–H and O–H groups in total. The molecule has 2 rings (SSSR count). The van der Waals surface area contributed by atoms with E-state index in [4.69, 9.17) is 5.73 Å². The molecule has 2 heterocycles. The predicted octanol–water partition coefficient (Wildman–Crippen LogP) is 2.05. The molecule has 2 aromatic rings. The summed E-state index contributed by atoms with van der Waals surface area (Å²) in [6.07, 6.45) is 5.06. The van der Waals surface area contributed by atoms with E-state index in [0.29, 0.717) is 5.92 Å². The molecular formula is C13H21N5. The molecule has 0 saturated heterocycles. The van der Waals surface area contributed by atoms with Crippen LogP contribution in [0.3, 0.4) is 0 Å². The summed E-state index contributed by atoms with van der Waals surface area (Å²) in [5.74, 6) is 1.37. The molecule has 0 spiro atoms. The molecule has 0 aliphatic carbocycles. The van der Waals surface area contributed by atoms with Gasteiger partial charge in [0.2, 0.25) is 0 Å². The molecule has 0 saturated carbocycles. The first-order valence-electron chi connectivity index (χ1n) is 6.50. The molecule has 5 heteroatoms. The van der Waals surface area contributed by atoms with Gasteiger partial charge < -0.3 is 5.73 Å². The number of fused-ring (bicyclic) bond motifs is 1. The molecular weight excluding hydrogens is 226 g/mol. The Morgan fingerprint density at radius 2 is 2.06 bits per heavy atom. The minimum Gasteiger partial charge on any atom is -0.328 e. The number of rotatable bonds is 5. The second kappa shape index (κ2) is 5.44. The fourth-order valence-corrected chi connectivity index (χ4v) is 2.12. The average Bonchev–Trinajstić information content (AvgIpc) is 2.71. The quantitative estimate of drug-likeness (QED) is 0.878. The highest BCUT2D eigenvalue weighted by Gasteiger charge is 2.13. The summed E-state index contributed by atoms with van der Waals surface area (Å²) >= 11 is 0. The van der Waals surface area contributed by atoms with Crippen LogP contribution in [-0.4, -0.2) is 25.6 Å². The van der Waals surface area contributed by atoms with Crippen LogP contribution in [0.5, 0.6) is 0 Å². The summed E-state index contributed by atoms with van der Waals surface area (Å²) < 4.78 is 1.98. The van der Waals surface area contributed by atoms with Gasteiger partial charge in [-0.05, 0) is 26.7 Å². The lowest BCUT2D eigenvalue weighted by Gasteiger charge is -2.10. The molecule has 2 atom stereocenters. The summed E-state index contributed by atoms with van der Waals surface area (Å²) in [4.78, 5) is 4.29. The first kappa shape index (κ1) is 13.0. The summed E-state index contributed by atoms with van der Waals surface area (Å²) in [5, 5.41) is 8.47. The maximum Gasteiger partial charge on any atom is 0.163 e. The van der Waals surface area contributed by atoms with E-state index in [9.17, 15) is 0 Å². The molecule has 2 unspecified atom stereocenters. The fourth-order valence-electron chi connectivity index (χ4n) is 2.12. The van der Waals surface area contributed by atoms with Gasteiger partial charge in [0, 0.05) is 23.7 Å². The van der Waals surface area contributed by atoms with Crippen LogP contribution in [0, 0.1) is 6.92 Å². The van der Waals surface area contributed by atoms with Crippen LogP contribution in [0.1, 0.15) is 50.5 Å². The molecule has 0 aromatic carbocycles. The third-order valence-electron chi connectivity index (χ3n) is 3.20. The van der Waals surface area contributed by atoms with Crippen LogP contribution in [0.4, 0.5) is 0 Å². The Morgan fingerprint density at radius 3 is 2.78 bits per heavy atom. The first-order chi connectivity index (χ1) is 8.58. The van der Waals surface area contributed by atoms with Crippen molar-refractivity contribution in [2.24, 2.45) is 5.73 Å². The van der Waals surface area contributed by atoms with Gasteiger partial charge in [-0.2, -0.15) is 0 Å². The van der Waals surface area contributed by atoms with Crippen molar-refractivity contribution >= 4 is 5.65 Å². The van der Waals surface area contributed by atoms with Crippen LogP contribution in [0.15, 0.2) is 12.4 Å². The molecule has 0 aliphatic heterocycles. The standard InChI is InChI=1S/C13H21N5/c1-9(5-4-6-10(2)14)13-17-16-12-7-11(3)15-8-18(12)13/h7-10H,4-6,14H2,1-3H3. The second-order valence-corrected chi connectivity index (χ2v) is 5.13. The lowest BCUT2D eigenvalue weighted by molar-refractivity contribution is 0.540. The highest BCUT2D eigenvalue weighted by atomic mass is 15.3. The monoisotopic (exact) mass is 247 g/mol. The highest BCUT2D eigenvalue weighted by Crippen LogP contribution is 2.20. The largest absolute Gasteiger partial charge is 0.328 e. The first-order valence-corrected chi connectivity index (χ1v) is 6.50. The van der Waals surface area contributed by atoms with Gasteiger partial charge in [0.15, 0.2) is 5.65 Å². The number of hydrogen-bond donors (Lipinski definition) is 1. The van der Waals surface area contributed by atoms with Gasteiger partial charge in [-0.3, -0.25) is 4.40 Å². The Balaban J connectivity index is 2.10. The molecule has 0 bridgehead atoms. The number of aromatic nitrogens is 4. The van der Waals surface area contributed by atoms with E-state index in [1.807, 2.05) is 30.6 Å². The Morgan fingerprint density at radius 1 is 1.28 bits per heavy atom. The van der Waals surface area contributed by atoms with Gasteiger partial charge in [0.05, 0.1) is 0 Å².